The Bertz CT molecular complexity index is 696. The Morgan fingerprint density at radius 3 is 1.17 bits per heavy atom. The minimum absolute atomic E-state index is 0.551. The topological polar surface area (TPSA) is 61.3 Å². The van der Waals surface area contributed by atoms with E-state index in [-0.39, 0.29) is 0 Å². The van der Waals surface area contributed by atoms with Crippen molar-refractivity contribution in [1.82, 2.24) is 0 Å². The Morgan fingerprint density at radius 2 is 0.870 bits per heavy atom. The molecule has 0 radical (unpaired) electrons. The zero-order valence-corrected chi connectivity index (χ0v) is 11.8. The minimum Gasteiger partial charge on any atom is -0.452 e. The summed E-state index contributed by atoms with van der Waals surface area (Å²) in [5, 5.41) is 0. The largest absolute Gasteiger partial charge is 0.452 e. The van der Waals surface area contributed by atoms with Crippen LogP contribution in [0.5, 0.6) is 11.5 Å². The molecule has 4 N–H and O–H groups in total. The summed E-state index contributed by atoms with van der Waals surface area (Å²) < 4.78 is 85.6. The van der Waals surface area contributed by atoms with Gasteiger partial charge in [0.15, 0.2) is 46.4 Å². The third kappa shape index (κ3) is 2.41. The smallest absolute Gasteiger partial charge is 0.197 e. The second-order valence-corrected chi connectivity index (χ2v) is 4.72. The number of rotatable bonds is 2. The van der Waals surface area contributed by atoms with Crippen molar-refractivity contribution >= 4 is 11.4 Å². The van der Waals surface area contributed by atoms with Gasteiger partial charge in [-0.25, -0.2) is 26.3 Å². The molecule has 0 heterocycles. The van der Waals surface area contributed by atoms with Crippen LogP contribution < -0.4 is 16.2 Å². The van der Waals surface area contributed by atoms with E-state index < -0.39 is 68.9 Å². The van der Waals surface area contributed by atoms with Gasteiger partial charge in [-0.1, -0.05) is 0 Å². The summed E-state index contributed by atoms with van der Waals surface area (Å²) in [5.41, 5.74) is 7.64. The summed E-state index contributed by atoms with van der Waals surface area (Å²) >= 11 is 0. The molecule has 0 atom stereocenters. The molecule has 0 aliphatic rings. The normalized spacial score (nSPS) is 11.0. The van der Waals surface area contributed by atoms with Gasteiger partial charge in [0, 0.05) is 11.1 Å². The molecule has 23 heavy (non-hydrogen) atoms. The summed E-state index contributed by atoms with van der Waals surface area (Å²) in [5.74, 6) is -11.7. The molecular weight excluding hydrogens is 326 g/mol. The van der Waals surface area contributed by atoms with Crippen molar-refractivity contribution < 1.29 is 31.1 Å². The van der Waals surface area contributed by atoms with E-state index in [1.165, 1.54) is 0 Å². The van der Waals surface area contributed by atoms with Crippen LogP contribution >= 0.6 is 0 Å². The summed E-state index contributed by atoms with van der Waals surface area (Å²) in [6, 6.07) is 0. The number of halogens is 6. The van der Waals surface area contributed by atoms with Crippen molar-refractivity contribution in [2.45, 2.75) is 13.8 Å². The van der Waals surface area contributed by atoms with Crippen LogP contribution in [0.2, 0.25) is 0 Å². The Labute approximate surface area is 126 Å². The van der Waals surface area contributed by atoms with Crippen molar-refractivity contribution in [3.63, 3.8) is 0 Å². The van der Waals surface area contributed by atoms with Crippen LogP contribution in [0.15, 0.2) is 0 Å². The average molecular weight is 336 g/mol. The predicted octanol–water partition coefficient (Wildman–Crippen LogP) is 4.09. The maximum atomic E-state index is 13.6. The van der Waals surface area contributed by atoms with Crippen molar-refractivity contribution in [2.24, 2.45) is 0 Å². The third-order valence-electron chi connectivity index (χ3n) is 3.28. The van der Waals surface area contributed by atoms with Crippen molar-refractivity contribution in [3.8, 4) is 11.5 Å². The molecule has 0 spiro atoms. The van der Waals surface area contributed by atoms with Crippen LogP contribution in [0.4, 0.5) is 37.7 Å². The van der Waals surface area contributed by atoms with Crippen molar-refractivity contribution in [1.29, 1.82) is 0 Å². The summed E-state index contributed by atoms with van der Waals surface area (Å²) in [7, 11) is 0. The molecule has 3 nitrogen and oxygen atoms in total. The highest BCUT2D eigenvalue weighted by Crippen LogP contribution is 2.41. The Morgan fingerprint density at radius 1 is 0.565 bits per heavy atom. The van der Waals surface area contributed by atoms with Crippen LogP contribution in [0.1, 0.15) is 11.1 Å². The van der Waals surface area contributed by atoms with Gasteiger partial charge in [-0.2, -0.15) is 0 Å². The molecule has 0 amide bonds. The first-order valence-corrected chi connectivity index (χ1v) is 6.12. The van der Waals surface area contributed by atoms with Gasteiger partial charge in [0.1, 0.15) is 11.4 Å². The highest BCUT2D eigenvalue weighted by atomic mass is 19.2. The molecule has 2 rings (SSSR count). The number of ether oxygens (including phenoxy) is 1. The van der Waals surface area contributed by atoms with E-state index in [2.05, 4.69) is 0 Å². The summed E-state index contributed by atoms with van der Waals surface area (Å²) in [6.45, 7) is 2.01. The Kier molecular flexibility index (Phi) is 4.06. The fourth-order valence-corrected chi connectivity index (χ4v) is 1.93. The third-order valence-corrected chi connectivity index (χ3v) is 3.28. The summed E-state index contributed by atoms with van der Waals surface area (Å²) in [4.78, 5) is 0. The Balaban J connectivity index is 2.71. The minimum atomic E-state index is -1.83. The fraction of sp³-hybridized carbons (Fsp3) is 0.143. The molecule has 2 aromatic rings. The zero-order chi connectivity index (χ0) is 17.6. The number of hydrogen-bond donors (Lipinski definition) is 2. The quantitative estimate of drug-likeness (QED) is 0.493. The first-order valence-electron chi connectivity index (χ1n) is 6.12. The monoisotopic (exact) mass is 336 g/mol. The number of anilines is 2. The van der Waals surface area contributed by atoms with E-state index >= 15 is 0 Å². The molecule has 0 unspecified atom stereocenters. The Hall–Kier alpha value is -2.58. The SMILES string of the molecule is Cc1c(F)c(F)c(F)c(N)c1Oc1c(C)c(F)c(F)c(F)c1N. The van der Waals surface area contributed by atoms with E-state index in [0.717, 1.165) is 13.8 Å². The fourth-order valence-electron chi connectivity index (χ4n) is 1.93. The molecule has 2 aromatic carbocycles. The summed E-state index contributed by atoms with van der Waals surface area (Å²) in [6.07, 6.45) is 0. The van der Waals surface area contributed by atoms with Gasteiger partial charge >= 0.3 is 0 Å². The van der Waals surface area contributed by atoms with Gasteiger partial charge in [0.2, 0.25) is 0 Å². The van der Waals surface area contributed by atoms with Gasteiger partial charge in [0.25, 0.3) is 0 Å². The van der Waals surface area contributed by atoms with Gasteiger partial charge in [0.05, 0.1) is 0 Å². The lowest BCUT2D eigenvalue weighted by molar-refractivity contribution is 0.407. The number of nitrogen functional groups attached to an aromatic ring is 2. The first kappa shape index (κ1) is 16.8. The highest BCUT2D eigenvalue weighted by molar-refractivity contribution is 5.65. The lowest BCUT2D eigenvalue weighted by Crippen LogP contribution is -2.08. The zero-order valence-electron chi connectivity index (χ0n) is 11.8. The molecule has 0 fully saturated rings. The van der Waals surface area contributed by atoms with Crippen LogP contribution in [0, 0.1) is 48.8 Å². The standard InChI is InChI=1S/C14H10F6N2O/c1-3-5(15)7(17)9(19)11(21)13(3)23-14-4(2)6(16)8(18)10(20)12(14)22/h21-22H2,1-2H3. The molecule has 0 saturated heterocycles. The second kappa shape index (κ2) is 5.56. The average Bonchev–Trinajstić information content (AvgIpc) is 2.54. The number of nitrogens with two attached hydrogens (primary N) is 2. The highest BCUT2D eigenvalue weighted by Gasteiger charge is 2.27. The van der Waals surface area contributed by atoms with Gasteiger partial charge in [-0.05, 0) is 13.8 Å². The first-order chi connectivity index (χ1) is 10.6. The second-order valence-electron chi connectivity index (χ2n) is 4.72. The maximum absolute atomic E-state index is 13.6. The van der Waals surface area contributed by atoms with E-state index in [1.54, 1.807) is 0 Å². The van der Waals surface area contributed by atoms with Crippen LogP contribution in [-0.4, -0.2) is 0 Å². The van der Waals surface area contributed by atoms with Crippen LogP contribution in [-0.2, 0) is 0 Å². The molecule has 124 valence electrons. The molecule has 0 saturated carbocycles. The predicted molar refractivity (Wildman–Crippen MR) is 71.0 cm³/mol. The molecule has 0 bridgehead atoms. The van der Waals surface area contributed by atoms with Crippen molar-refractivity contribution in [3.05, 3.63) is 46.0 Å². The van der Waals surface area contributed by atoms with Crippen molar-refractivity contribution in [2.75, 3.05) is 11.5 Å². The number of hydrogen-bond acceptors (Lipinski definition) is 3. The van der Waals surface area contributed by atoms with Gasteiger partial charge in [-0.15, -0.1) is 0 Å². The molecule has 0 aliphatic heterocycles. The van der Waals surface area contributed by atoms with E-state index in [4.69, 9.17) is 16.2 Å². The van der Waals surface area contributed by atoms with Gasteiger partial charge < -0.3 is 16.2 Å². The molecular formula is C14H10F6N2O. The van der Waals surface area contributed by atoms with Crippen LogP contribution in [0.25, 0.3) is 0 Å². The van der Waals surface area contributed by atoms with E-state index in [0.29, 0.717) is 0 Å². The number of benzene rings is 2. The molecule has 9 heteroatoms. The maximum Gasteiger partial charge on any atom is 0.197 e. The van der Waals surface area contributed by atoms with E-state index in [9.17, 15) is 26.3 Å². The van der Waals surface area contributed by atoms with E-state index in [1.807, 2.05) is 0 Å². The molecule has 0 aromatic heterocycles. The molecule has 0 aliphatic carbocycles. The van der Waals surface area contributed by atoms with Gasteiger partial charge in [-0.3, -0.25) is 0 Å². The van der Waals surface area contributed by atoms with Crippen LogP contribution in [0.3, 0.4) is 0 Å². The lowest BCUT2D eigenvalue weighted by atomic mass is 10.1. The lowest BCUT2D eigenvalue weighted by Gasteiger charge is -2.17.